The number of carbonyl (C=O) groups excluding carboxylic acids is 1. The maximum atomic E-state index is 14.4. The number of hydrogen-bond acceptors (Lipinski definition) is 4. The maximum absolute atomic E-state index is 14.4. The molecule has 1 aliphatic heterocycles. The van der Waals surface area contributed by atoms with Crippen molar-refractivity contribution in [3.8, 4) is 17.0 Å². The normalized spacial score (nSPS) is 14.6. The number of alkyl halides is 3. The van der Waals surface area contributed by atoms with Gasteiger partial charge in [-0.1, -0.05) is 25.1 Å². The zero-order valence-electron chi connectivity index (χ0n) is 18.6. The highest BCUT2D eigenvalue weighted by Gasteiger charge is 2.31. The van der Waals surface area contributed by atoms with Crippen LogP contribution in [0.2, 0.25) is 0 Å². The molecule has 0 unspecified atom stereocenters. The summed E-state index contributed by atoms with van der Waals surface area (Å²) >= 11 is 0. The summed E-state index contributed by atoms with van der Waals surface area (Å²) < 4.78 is 58.3. The van der Waals surface area contributed by atoms with Crippen molar-refractivity contribution in [2.45, 2.75) is 38.6 Å². The van der Waals surface area contributed by atoms with Crippen LogP contribution >= 0.6 is 0 Å². The fourth-order valence-corrected chi connectivity index (χ4v) is 3.86. The van der Waals surface area contributed by atoms with E-state index in [9.17, 15) is 22.4 Å². The van der Waals surface area contributed by atoms with Gasteiger partial charge < -0.3 is 4.74 Å². The second-order valence-corrected chi connectivity index (χ2v) is 8.38. The van der Waals surface area contributed by atoms with E-state index in [1.807, 2.05) is 6.92 Å². The first-order valence-corrected chi connectivity index (χ1v) is 11.1. The smallest absolute Gasteiger partial charge is 0.416 e. The van der Waals surface area contributed by atoms with Gasteiger partial charge in [-0.25, -0.2) is 4.39 Å². The average molecular weight is 472 g/mol. The Labute approximate surface area is 195 Å². The molecular formula is C26H24F4N2O2. The lowest BCUT2D eigenvalue weighted by Crippen LogP contribution is -2.53. The number of aromatic nitrogens is 1. The number of halogens is 4. The zero-order chi connectivity index (χ0) is 24.3. The Hall–Kier alpha value is -3.26. The third-order valence-electron chi connectivity index (χ3n) is 5.69. The second kappa shape index (κ2) is 9.93. The Morgan fingerprint density at radius 3 is 2.41 bits per heavy atom. The van der Waals surface area contributed by atoms with E-state index < -0.39 is 17.6 Å². The third-order valence-corrected chi connectivity index (χ3v) is 5.69. The van der Waals surface area contributed by atoms with Crippen LogP contribution in [-0.4, -0.2) is 34.9 Å². The molecule has 0 N–H and O–H groups in total. The number of carbonyl (C=O) groups is 1. The van der Waals surface area contributed by atoms with Crippen molar-refractivity contribution in [2.75, 3.05) is 13.1 Å². The lowest BCUT2D eigenvalue weighted by Gasteiger charge is -2.39. The summed E-state index contributed by atoms with van der Waals surface area (Å²) in [5.41, 5.74) is 1.39. The zero-order valence-corrected chi connectivity index (χ0v) is 18.6. The minimum absolute atomic E-state index is 0.0385. The Morgan fingerprint density at radius 2 is 1.82 bits per heavy atom. The highest BCUT2D eigenvalue weighted by molar-refractivity contribution is 5.96. The molecule has 0 atom stereocenters. The van der Waals surface area contributed by atoms with Crippen LogP contribution in [0.25, 0.3) is 11.3 Å². The van der Waals surface area contributed by atoms with Crippen molar-refractivity contribution < 1.29 is 27.1 Å². The Kier molecular flexibility index (Phi) is 6.97. The van der Waals surface area contributed by atoms with Crippen molar-refractivity contribution in [1.29, 1.82) is 0 Å². The van der Waals surface area contributed by atoms with Gasteiger partial charge in [-0.3, -0.25) is 14.7 Å². The van der Waals surface area contributed by atoms with Crippen LogP contribution in [0.3, 0.4) is 0 Å². The number of pyridine rings is 1. The molecular weight excluding hydrogens is 448 g/mol. The molecule has 0 spiro atoms. The van der Waals surface area contributed by atoms with E-state index in [1.165, 1.54) is 24.3 Å². The van der Waals surface area contributed by atoms with E-state index in [0.29, 0.717) is 49.5 Å². The summed E-state index contributed by atoms with van der Waals surface area (Å²) in [5.74, 6) is -0.185. The van der Waals surface area contributed by atoms with Crippen LogP contribution in [0.4, 0.5) is 17.6 Å². The molecule has 34 heavy (non-hydrogen) atoms. The number of Topliss-reactive ketones (excluding diaryl/α,β-unsaturated/α-hetero) is 1. The number of likely N-dealkylation sites (tertiary alicyclic amines) is 1. The Balaban J connectivity index is 1.29. The van der Waals surface area contributed by atoms with E-state index in [2.05, 4.69) is 9.88 Å². The molecule has 2 heterocycles. The SMILES string of the molecule is CCCC(=O)c1ccc(-c2ccc(OC3CN(Cc4ccc(C(F)(F)F)cc4)C3)cn2)cc1F. The summed E-state index contributed by atoms with van der Waals surface area (Å²) in [6.45, 7) is 3.73. The van der Waals surface area contributed by atoms with E-state index in [-0.39, 0.29) is 17.5 Å². The number of ketones is 1. The number of benzene rings is 2. The molecule has 0 saturated carbocycles. The average Bonchev–Trinajstić information content (AvgIpc) is 2.78. The van der Waals surface area contributed by atoms with Crippen molar-refractivity contribution in [3.05, 3.63) is 83.3 Å². The van der Waals surface area contributed by atoms with Gasteiger partial charge in [0.15, 0.2) is 5.78 Å². The molecule has 1 aliphatic rings. The summed E-state index contributed by atoms with van der Waals surface area (Å²) in [6, 6.07) is 13.2. The van der Waals surface area contributed by atoms with E-state index >= 15 is 0 Å². The highest BCUT2D eigenvalue weighted by Crippen LogP contribution is 2.30. The lowest BCUT2D eigenvalue weighted by atomic mass is 10.0. The van der Waals surface area contributed by atoms with E-state index in [1.54, 1.807) is 24.4 Å². The minimum atomic E-state index is -4.33. The molecule has 4 rings (SSSR count). The van der Waals surface area contributed by atoms with Crippen molar-refractivity contribution in [3.63, 3.8) is 0 Å². The predicted molar refractivity (Wildman–Crippen MR) is 120 cm³/mol. The van der Waals surface area contributed by atoms with E-state index in [0.717, 1.165) is 17.7 Å². The van der Waals surface area contributed by atoms with Crippen LogP contribution in [-0.2, 0) is 12.7 Å². The Bertz CT molecular complexity index is 1140. The number of ether oxygens (including phenoxy) is 1. The van der Waals surface area contributed by atoms with Gasteiger partial charge in [-0.05, 0) is 48.4 Å². The van der Waals surface area contributed by atoms with Crippen LogP contribution in [0, 0.1) is 5.82 Å². The number of nitrogens with zero attached hydrogens (tertiary/aromatic N) is 2. The highest BCUT2D eigenvalue weighted by atomic mass is 19.4. The molecule has 0 amide bonds. The topological polar surface area (TPSA) is 42.4 Å². The molecule has 2 aromatic carbocycles. The molecule has 0 bridgehead atoms. The fourth-order valence-electron chi connectivity index (χ4n) is 3.86. The van der Waals surface area contributed by atoms with Crippen LogP contribution in [0.1, 0.15) is 41.3 Å². The summed E-state index contributed by atoms with van der Waals surface area (Å²) in [4.78, 5) is 18.4. The van der Waals surface area contributed by atoms with Gasteiger partial charge in [0.25, 0.3) is 0 Å². The van der Waals surface area contributed by atoms with Gasteiger partial charge in [-0.2, -0.15) is 13.2 Å². The molecule has 3 aromatic rings. The van der Waals surface area contributed by atoms with E-state index in [4.69, 9.17) is 4.74 Å². The van der Waals surface area contributed by atoms with Gasteiger partial charge in [0, 0.05) is 31.6 Å². The summed E-state index contributed by atoms with van der Waals surface area (Å²) in [6.07, 6.45) is -1.82. The summed E-state index contributed by atoms with van der Waals surface area (Å²) in [5, 5.41) is 0. The third kappa shape index (κ3) is 5.62. The molecule has 1 aromatic heterocycles. The van der Waals surface area contributed by atoms with Crippen molar-refractivity contribution >= 4 is 5.78 Å². The monoisotopic (exact) mass is 472 g/mol. The molecule has 178 valence electrons. The van der Waals surface area contributed by atoms with Crippen LogP contribution in [0.15, 0.2) is 60.8 Å². The van der Waals surface area contributed by atoms with Gasteiger partial charge in [0.05, 0.1) is 23.0 Å². The lowest BCUT2D eigenvalue weighted by molar-refractivity contribution is -0.137. The molecule has 4 nitrogen and oxygen atoms in total. The first kappa shape index (κ1) is 23.9. The number of hydrogen-bond donors (Lipinski definition) is 0. The fraction of sp³-hybridized carbons (Fsp3) is 0.308. The van der Waals surface area contributed by atoms with Gasteiger partial charge in [0.2, 0.25) is 0 Å². The van der Waals surface area contributed by atoms with Gasteiger partial charge >= 0.3 is 6.18 Å². The minimum Gasteiger partial charge on any atom is -0.486 e. The maximum Gasteiger partial charge on any atom is 0.416 e. The molecule has 1 saturated heterocycles. The van der Waals surface area contributed by atoms with Crippen molar-refractivity contribution in [1.82, 2.24) is 9.88 Å². The van der Waals surface area contributed by atoms with Gasteiger partial charge in [0.1, 0.15) is 17.7 Å². The van der Waals surface area contributed by atoms with Crippen LogP contribution in [0.5, 0.6) is 5.75 Å². The predicted octanol–water partition coefficient (Wildman–Crippen LogP) is 6.15. The molecule has 8 heteroatoms. The molecule has 0 radical (unpaired) electrons. The largest absolute Gasteiger partial charge is 0.486 e. The molecule has 1 fully saturated rings. The van der Waals surface area contributed by atoms with Crippen molar-refractivity contribution in [2.24, 2.45) is 0 Å². The summed E-state index contributed by atoms with van der Waals surface area (Å²) in [7, 11) is 0. The second-order valence-electron chi connectivity index (χ2n) is 8.38. The Morgan fingerprint density at radius 1 is 1.09 bits per heavy atom. The standard InChI is InChI=1S/C26H24F4N2O2/c1-2-3-25(33)22-10-6-18(12-23(22)27)24-11-9-20(13-31-24)34-21-15-32(16-21)14-17-4-7-19(8-5-17)26(28,29)30/h4-13,21H,2-3,14-16H2,1H3. The van der Waals surface area contributed by atoms with Crippen LogP contribution < -0.4 is 4.74 Å². The first-order chi connectivity index (χ1) is 16.2. The van der Waals surface area contributed by atoms with Gasteiger partial charge in [-0.15, -0.1) is 0 Å². The quantitative estimate of drug-likeness (QED) is 0.291. The number of rotatable bonds is 8. The first-order valence-electron chi connectivity index (χ1n) is 11.1. The molecule has 0 aliphatic carbocycles.